The molecular formula is C19H30I3N9O2SW3-4. The second-order valence-electron chi connectivity index (χ2n) is 7.04. The topological polar surface area (TPSA) is 141 Å². The van der Waals surface area contributed by atoms with Crippen molar-refractivity contribution in [2.45, 2.75) is 54.1 Å². The van der Waals surface area contributed by atoms with E-state index in [1.165, 1.54) is 16.8 Å². The minimum absolute atomic E-state index is 0. The summed E-state index contributed by atoms with van der Waals surface area (Å²) in [6, 6.07) is 0. The van der Waals surface area contributed by atoms with E-state index >= 15 is 0 Å². The number of nitrogens with one attached hydrogen (secondary N) is 1. The number of nitrogens with zero attached hydrogens (tertiary/aromatic N) is 8. The zero-order valence-electron chi connectivity index (χ0n) is 18.6. The SMILES string of the molecule is C.C.CS(=O)(=O)n1ncc2c1C[N-]C2.Cn1cc2c(n1)C[N-]C2.I[I-]I.[W].[W].[W].c1n[nH]c2c1C[N-]C2. The molecule has 0 aromatic carbocycles. The van der Waals surface area contributed by atoms with Gasteiger partial charge < -0.3 is 16.0 Å². The Bertz CT molecular complexity index is 1100. The van der Waals surface area contributed by atoms with Crippen molar-refractivity contribution in [3.63, 3.8) is 0 Å². The summed E-state index contributed by atoms with van der Waals surface area (Å²) < 4.78 is 25.1. The van der Waals surface area contributed by atoms with Crippen LogP contribution in [0.25, 0.3) is 16.0 Å². The molecule has 37 heavy (non-hydrogen) atoms. The molecule has 0 saturated carbocycles. The van der Waals surface area contributed by atoms with Crippen molar-refractivity contribution < 1.29 is 84.9 Å². The number of halogens is 3. The van der Waals surface area contributed by atoms with E-state index in [4.69, 9.17) is 0 Å². The van der Waals surface area contributed by atoms with Gasteiger partial charge in [-0.3, -0.25) is 9.78 Å². The summed E-state index contributed by atoms with van der Waals surface area (Å²) in [5.41, 5.74) is 6.50. The number of H-pyrrole nitrogens is 1. The van der Waals surface area contributed by atoms with E-state index in [1.807, 2.05) is 24.1 Å². The van der Waals surface area contributed by atoms with E-state index in [0.717, 1.165) is 47.8 Å². The molecule has 1 N–H and O–H groups in total. The van der Waals surface area contributed by atoms with Crippen LogP contribution in [0, 0.1) is 0 Å². The van der Waals surface area contributed by atoms with Crippen LogP contribution >= 0.6 is 37.2 Å². The molecule has 3 aliphatic rings. The molecule has 3 aromatic heterocycles. The normalized spacial score (nSPS) is 13.4. The van der Waals surface area contributed by atoms with Crippen molar-refractivity contribution in [1.29, 1.82) is 0 Å². The number of aromatic amines is 1. The molecule has 0 fully saturated rings. The fourth-order valence-electron chi connectivity index (χ4n) is 3.28. The van der Waals surface area contributed by atoms with Gasteiger partial charge in [-0.1, -0.05) is 14.9 Å². The average Bonchev–Trinajstić information content (AvgIpc) is 3.48. The van der Waals surface area contributed by atoms with Gasteiger partial charge in [-0.25, -0.2) is 8.42 Å². The summed E-state index contributed by atoms with van der Waals surface area (Å²) in [4.78, 5) is 0. The second kappa shape index (κ2) is 21.4. The molecule has 0 bridgehead atoms. The van der Waals surface area contributed by atoms with Gasteiger partial charge in [0.15, 0.2) is 0 Å². The third-order valence-electron chi connectivity index (χ3n) is 4.67. The van der Waals surface area contributed by atoms with Crippen molar-refractivity contribution in [2.24, 2.45) is 7.05 Å². The van der Waals surface area contributed by atoms with Crippen LogP contribution in [0.5, 0.6) is 0 Å². The summed E-state index contributed by atoms with van der Waals surface area (Å²) in [5, 5.41) is 27.1. The monoisotopic (exact) mass is 1380 g/mol. The predicted molar refractivity (Wildman–Crippen MR) is 148 cm³/mol. The van der Waals surface area contributed by atoms with Gasteiger partial charge in [0, 0.05) is 93.5 Å². The molecule has 0 spiro atoms. The fraction of sp³-hybridized carbons (Fsp3) is 0.526. The fourth-order valence-corrected chi connectivity index (χ4v) is 4.08. The molecule has 0 unspecified atom stereocenters. The number of hydrogen-bond donors (Lipinski definition) is 1. The molecule has 3 aliphatic heterocycles. The van der Waals surface area contributed by atoms with Gasteiger partial charge in [0.1, 0.15) is 0 Å². The number of aryl methyl sites for hydroxylation is 1. The van der Waals surface area contributed by atoms with Gasteiger partial charge in [0.25, 0.3) is 10.0 Å². The Morgan fingerprint density at radius 2 is 1.49 bits per heavy atom. The van der Waals surface area contributed by atoms with Crippen LogP contribution in [0.1, 0.15) is 48.6 Å². The second-order valence-corrected chi connectivity index (χ2v) is 25.1. The molecule has 212 valence electrons. The summed E-state index contributed by atoms with van der Waals surface area (Å²) in [5.74, 6) is 0. The molecule has 6 rings (SSSR count). The Kier molecular flexibility index (Phi) is 25.0. The number of hydrogen-bond acceptors (Lipinski definition) is 5. The predicted octanol–water partition coefficient (Wildman–Crippen LogP) is 1.72. The van der Waals surface area contributed by atoms with E-state index in [1.54, 1.807) is 6.20 Å². The molecular weight excluding hydrogens is 1350 g/mol. The smallest absolute Gasteiger partial charge is 0.0503 e. The first-order valence-electron chi connectivity index (χ1n) is 9.39. The molecule has 3 aromatic rings. The Balaban J connectivity index is -0.000000424. The third-order valence-corrected chi connectivity index (χ3v) is 5.62. The van der Waals surface area contributed by atoms with E-state index in [-0.39, 0.29) is 78.0 Å². The molecule has 6 heterocycles. The molecule has 0 amide bonds. The Morgan fingerprint density at radius 1 is 0.919 bits per heavy atom. The van der Waals surface area contributed by atoms with Crippen LogP contribution < -0.4 is 13.3 Å². The first kappa shape index (κ1) is 43.2. The zero-order chi connectivity index (χ0) is 23.1. The maximum absolute atomic E-state index is 11.1. The van der Waals surface area contributed by atoms with Gasteiger partial charge >= 0.3 is 50.5 Å². The Morgan fingerprint density at radius 3 is 2.08 bits per heavy atom. The van der Waals surface area contributed by atoms with Crippen LogP contribution in [0.15, 0.2) is 18.6 Å². The van der Waals surface area contributed by atoms with Crippen molar-refractivity contribution in [3.8, 4) is 0 Å². The summed E-state index contributed by atoms with van der Waals surface area (Å²) in [6.45, 7) is 4.41. The van der Waals surface area contributed by atoms with Crippen LogP contribution in [0.2, 0.25) is 0 Å². The molecule has 18 heteroatoms. The molecule has 0 radical (unpaired) electrons. The van der Waals surface area contributed by atoms with E-state index < -0.39 is 10.0 Å². The van der Waals surface area contributed by atoms with Gasteiger partial charge in [0.2, 0.25) is 0 Å². The van der Waals surface area contributed by atoms with Crippen molar-refractivity contribution in [3.05, 3.63) is 68.3 Å². The van der Waals surface area contributed by atoms with Crippen molar-refractivity contribution in [1.82, 2.24) is 29.2 Å². The molecule has 0 atom stereocenters. The maximum Gasteiger partial charge on any atom is 0.0503 e. The average molecular weight is 1380 g/mol. The van der Waals surface area contributed by atoms with Crippen LogP contribution in [-0.2, 0) is 120 Å². The third kappa shape index (κ3) is 13.1. The van der Waals surface area contributed by atoms with Gasteiger partial charge in [-0.15, -0.1) is 39.3 Å². The first-order chi connectivity index (χ1) is 15.3. The maximum atomic E-state index is 11.1. The zero-order valence-corrected chi connectivity index (χ0v) is 34.7. The number of fused-ring (bicyclic) bond motifs is 3. The molecule has 11 nitrogen and oxygen atoms in total. The minimum atomic E-state index is -3.24. The Hall–Kier alpha value is 1.71. The van der Waals surface area contributed by atoms with Gasteiger partial charge in [0.05, 0.1) is 18.6 Å². The van der Waals surface area contributed by atoms with E-state index in [9.17, 15) is 8.42 Å². The standard InChI is InChI=1S/C6H8N3O2S.C6H8N3.C5H6N3.2CH4.I3.3W/c1-12(10,11)9-6-4-7-2-5(6)3-8-9;1-9-4-5-2-7-3-6(5)8-9;1-4-2-7-8-5(4)3-6-1;;;1-3-2;;;/h3H,2,4H2,1H3;4H,2-3H2,1H3;2H,1,3H2,(H,7,8);2*1H4;;;;/q3*-1;;;-1;;;. The Labute approximate surface area is 292 Å². The molecule has 0 saturated heterocycles. The van der Waals surface area contributed by atoms with Gasteiger partial charge in [-0.05, 0) is 16.7 Å². The van der Waals surface area contributed by atoms with Crippen molar-refractivity contribution in [2.75, 3.05) is 6.26 Å². The van der Waals surface area contributed by atoms with Crippen LogP contribution in [0.4, 0.5) is 0 Å². The number of rotatable bonds is 1. The minimum Gasteiger partial charge on any atom is -0.653 e. The molecule has 0 aliphatic carbocycles. The first-order valence-corrected chi connectivity index (χ1v) is 23.8. The summed E-state index contributed by atoms with van der Waals surface area (Å²) in [7, 11) is -1.30. The van der Waals surface area contributed by atoms with E-state index in [0.29, 0.717) is 32.0 Å². The van der Waals surface area contributed by atoms with Crippen molar-refractivity contribution >= 4 is 47.3 Å². The van der Waals surface area contributed by atoms with E-state index in [2.05, 4.69) is 73.6 Å². The van der Waals surface area contributed by atoms with Crippen LogP contribution in [0.3, 0.4) is 0 Å². The van der Waals surface area contributed by atoms with Gasteiger partial charge in [-0.2, -0.15) is 19.4 Å². The largest absolute Gasteiger partial charge is 0.653 e. The number of aromatic nitrogens is 6. The quantitative estimate of drug-likeness (QED) is 0.370. The van der Waals surface area contributed by atoms with Crippen LogP contribution in [-0.4, -0.2) is 43.8 Å². The summed E-state index contributed by atoms with van der Waals surface area (Å²) >= 11 is 5.30. The summed E-state index contributed by atoms with van der Waals surface area (Å²) in [6.07, 6.45) is 6.57.